The van der Waals surface area contributed by atoms with Crippen LogP contribution >= 0.6 is 0 Å². The highest BCUT2D eigenvalue weighted by Crippen LogP contribution is 2.11. The highest BCUT2D eigenvalue weighted by atomic mass is 16.4. The first-order valence-corrected chi connectivity index (χ1v) is 25.5. The van der Waals surface area contributed by atoms with E-state index in [0.29, 0.717) is 12.0 Å². The summed E-state index contributed by atoms with van der Waals surface area (Å²) < 4.78 is 0. The smallest absolute Gasteiger partial charge is 0.326 e. The first kappa shape index (κ1) is 68.1. The van der Waals surface area contributed by atoms with Gasteiger partial charge in [0.25, 0.3) is 0 Å². The number of aromatic nitrogens is 2. The van der Waals surface area contributed by atoms with Gasteiger partial charge in [0.1, 0.15) is 48.3 Å². The minimum atomic E-state index is -1.96. The summed E-state index contributed by atoms with van der Waals surface area (Å²) in [5.74, 6) is -13.8. The molecule has 0 radical (unpaired) electrons. The number of aliphatic carboxylic acids is 2. The fourth-order valence-electron chi connectivity index (χ4n) is 7.50. The second kappa shape index (κ2) is 34.8. The van der Waals surface area contributed by atoms with Gasteiger partial charge in [0, 0.05) is 44.2 Å². The molecule has 0 aliphatic heterocycles. The predicted octanol–water partition coefficient (Wildman–Crippen LogP) is -7.64. The molecule has 33 heteroatoms. The molecule has 25 N–H and O–H groups in total. The number of carbonyl (C=O) groups is 11. The topological polar surface area (TPSA) is 574 Å². The monoisotopic (exact) mass is 1140 g/mol. The fraction of sp³-hybridized carbons (Fsp3) is 0.542. The molecule has 10 atom stereocenters. The third kappa shape index (κ3) is 25.6. The molecule has 0 unspecified atom stereocenters. The molecule has 448 valence electrons. The van der Waals surface area contributed by atoms with Crippen LogP contribution < -0.4 is 76.9 Å². The van der Waals surface area contributed by atoms with Crippen LogP contribution in [0.2, 0.25) is 0 Å². The number of carbonyl (C=O) groups excluding carboxylic acids is 9. The minimum Gasteiger partial charge on any atom is -0.481 e. The molecule has 1 heterocycles. The van der Waals surface area contributed by atoms with Crippen molar-refractivity contribution in [2.75, 3.05) is 19.7 Å². The zero-order valence-corrected chi connectivity index (χ0v) is 45.0. The van der Waals surface area contributed by atoms with E-state index in [-0.39, 0.29) is 56.4 Å². The Hall–Kier alpha value is -8.98. The van der Waals surface area contributed by atoms with E-state index in [1.165, 1.54) is 26.4 Å². The summed E-state index contributed by atoms with van der Waals surface area (Å²) in [6.07, 6.45) is -1.44. The van der Waals surface area contributed by atoms with Crippen molar-refractivity contribution in [1.29, 1.82) is 0 Å². The molecule has 0 aliphatic carbocycles. The third-order valence-corrected chi connectivity index (χ3v) is 11.8. The van der Waals surface area contributed by atoms with E-state index in [1.807, 2.05) is 0 Å². The van der Waals surface area contributed by atoms with Gasteiger partial charge in [0.15, 0.2) is 11.9 Å². The van der Waals surface area contributed by atoms with Crippen molar-refractivity contribution < 1.29 is 73.2 Å². The first-order chi connectivity index (χ1) is 38.1. The van der Waals surface area contributed by atoms with Crippen LogP contribution in [0.4, 0.5) is 0 Å². The Labute approximate surface area is 464 Å². The van der Waals surface area contributed by atoms with Crippen LogP contribution in [0, 0.1) is 5.92 Å². The zero-order chi connectivity index (χ0) is 60.9. The molecule has 1 aromatic heterocycles. The van der Waals surface area contributed by atoms with E-state index in [0.717, 1.165) is 6.92 Å². The third-order valence-electron chi connectivity index (χ3n) is 11.8. The number of nitrogens with zero attached hydrogens (tertiary/aromatic N) is 3. The molecule has 1 aromatic carbocycles. The SMILES string of the molecule is CC(C)[C@H](NC(=O)[C@H](CC(=O)O)NC(=O)[C@H](CO)NC(=O)[C@H](CCC(N)=O)NC(=O)[C@H](Cc1cnc[nH]1)NC(=O)[C@@H](NC(=O)[C@H](Cc1ccccc1)NC(=O)[C@H](CCCN=C(N)N)NC(=O)[C@@H](N)CCCN=C(N)N)[C@@H](C)O)C(=O)O. The van der Waals surface area contributed by atoms with Gasteiger partial charge in [-0.3, -0.25) is 57.9 Å². The van der Waals surface area contributed by atoms with Gasteiger partial charge in [0.2, 0.25) is 53.2 Å². The minimum absolute atomic E-state index is 0.0501. The van der Waals surface area contributed by atoms with Crippen LogP contribution in [-0.2, 0) is 65.6 Å². The van der Waals surface area contributed by atoms with Crippen LogP contribution in [0.15, 0.2) is 52.8 Å². The van der Waals surface area contributed by atoms with Gasteiger partial charge >= 0.3 is 11.9 Å². The molecule has 0 bridgehead atoms. The van der Waals surface area contributed by atoms with Crippen molar-refractivity contribution in [3.05, 3.63) is 54.1 Å². The van der Waals surface area contributed by atoms with Crippen molar-refractivity contribution in [1.82, 2.24) is 52.5 Å². The van der Waals surface area contributed by atoms with Crippen molar-refractivity contribution in [2.45, 2.75) is 139 Å². The Morgan fingerprint density at radius 3 is 1.57 bits per heavy atom. The molecule has 0 saturated carbocycles. The number of nitrogens with two attached hydrogens (primary N) is 6. The Morgan fingerprint density at radius 2 is 1.05 bits per heavy atom. The van der Waals surface area contributed by atoms with Gasteiger partial charge in [-0.25, -0.2) is 9.78 Å². The lowest BCUT2D eigenvalue weighted by molar-refractivity contribution is -0.144. The Kier molecular flexibility index (Phi) is 29.3. The second-order valence-corrected chi connectivity index (χ2v) is 18.9. The maximum absolute atomic E-state index is 14.3. The van der Waals surface area contributed by atoms with Crippen molar-refractivity contribution >= 4 is 77.0 Å². The molecule has 0 spiro atoms. The predicted molar refractivity (Wildman–Crippen MR) is 288 cm³/mol. The van der Waals surface area contributed by atoms with E-state index in [9.17, 15) is 73.2 Å². The van der Waals surface area contributed by atoms with E-state index >= 15 is 0 Å². The largest absolute Gasteiger partial charge is 0.481 e. The molecular formula is C48H76N18O15. The average Bonchev–Trinajstić information content (AvgIpc) is 3.94. The number of hydrogen-bond donors (Lipinski definition) is 19. The number of imidazole rings is 1. The summed E-state index contributed by atoms with van der Waals surface area (Å²) in [5.41, 5.74) is 33.9. The number of guanidine groups is 2. The van der Waals surface area contributed by atoms with Crippen LogP contribution in [-0.4, -0.2) is 188 Å². The highest BCUT2D eigenvalue weighted by molar-refractivity contribution is 5.99. The molecule has 9 amide bonds. The molecule has 81 heavy (non-hydrogen) atoms. The van der Waals surface area contributed by atoms with Gasteiger partial charge < -0.3 is 102 Å². The van der Waals surface area contributed by atoms with E-state index < -0.39 is 164 Å². The van der Waals surface area contributed by atoms with Crippen molar-refractivity contribution in [2.24, 2.45) is 50.3 Å². The maximum atomic E-state index is 14.3. The number of benzene rings is 1. The molecule has 33 nitrogen and oxygen atoms in total. The molecule has 2 rings (SSSR count). The van der Waals surface area contributed by atoms with Crippen LogP contribution in [0.1, 0.15) is 77.0 Å². The number of hydrogen-bond acceptors (Lipinski definition) is 17. The van der Waals surface area contributed by atoms with Gasteiger partial charge in [-0.1, -0.05) is 44.2 Å². The van der Waals surface area contributed by atoms with Crippen LogP contribution in [0.25, 0.3) is 0 Å². The Morgan fingerprint density at radius 1 is 0.580 bits per heavy atom. The molecular weight excluding hydrogens is 1070 g/mol. The van der Waals surface area contributed by atoms with Crippen LogP contribution in [0.5, 0.6) is 0 Å². The zero-order valence-electron chi connectivity index (χ0n) is 45.0. The number of nitrogens with one attached hydrogen (secondary N) is 9. The normalized spacial score (nSPS) is 14.7. The number of aliphatic hydroxyl groups is 2. The summed E-state index contributed by atoms with van der Waals surface area (Å²) in [5, 5.41) is 58.8. The lowest BCUT2D eigenvalue weighted by atomic mass is 10.0. The first-order valence-electron chi connectivity index (χ1n) is 25.5. The van der Waals surface area contributed by atoms with E-state index in [1.54, 1.807) is 30.3 Å². The summed E-state index contributed by atoms with van der Waals surface area (Å²) in [4.78, 5) is 160. The molecule has 0 fully saturated rings. The van der Waals surface area contributed by atoms with E-state index in [4.69, 9.17) is 34.4 Å². The summed E-state index contributed by atoms with van der Waals surface area (Å²) in [6.45, 7) is 3.08. The number of H-pyrrole nitrogens is 1. The summed E-state index contributed by atoms with van der Waals surface area (Å²) >= 11 is 0. The second-order valence-electron chi connectivity index (χ2n) is 18.9. The summed E-state index contributed by atoms with van der Waals surface area (Å²) in [6, 6.07) is -6.38. The lowest BCUT2D eigenvalue weighted by Crippen LogP contribution is -2.62. The number of aromatic amines is 1. The van der Waals surface area contributed by atoms with Gasteiger partial charge in [-0.05, 0) is 50.5 Å². The Balaban J connectivity index is 2.47. The number of aliphatic imine (C=N–C) groups is 2. The van der Waals surface area contributed by atoms with Gasteiger partial charge in [0.05, 0.1) is 31.5 Å². The average molecular weight is 1150 g/mol. The van der Waals surface area contributed by atoms with Crippen LogP contribution in [0.3, 0.4) is 0 Å². The maximum Gasteiger partial charge on any atom is 0.326 e. The molecule has 2 aromatic rings. The van der Waals surface area contributed by atoms with Gasteiger partial charge in [-0.15, -0.1) is 0 Å². The lowest BCUT2D eigenvalue weighted by Gasteiger charge is -2.28. The Bertz CT molecular complexity index is 2510. The van der Waals surface area contributed by atoms with Gasteiger partial charge in [-0.2, -0.15) is 0 Å². The fourth-order valence-corrected chi connectivity index (χ4v) is 7.50. The van der Waals surface area contributed by atoms with Crippen molar-refractivity contribution in [3.8, 4) is 0 Å². The number of amides is 9. The molecule has 0 saturated heterocycles. The van der Waals surface area contributed by atoms with E-state index in [2.05, 4.69) is 62.5 Å². The number of carboxylic acid groups (broad SMARTS) is 2. The number of carboxylic acids is 2. The summed E-state index contributed by atoms with van der Waals surface area (Å²) in [7, 11) is 0. The standard InChI is InChI=1S/C48H76N18O15/c1-23(2)36(46(80)81)65-43(77)32(19-35(70)71)62-44(78)33(21-67)64-40(74)29(13-14-34(50)69)60-41(75)31(18-26-20-55-22-58-26)63-45(79)37(24(3)68)66-42(76)30(17-25-9-5-4-6-10-25)61-39(73)28(12-8-16-57-48(53)54)59-38(72)27(49)11-7-15-56-47(51)52/h4-6,9-10,20,22-24,27-33,36-37,67-68H,7-8,11-19,21,49H2,1-3H3,(H2,50,69)(H,55,58)(H,59,72)(H,60,75)(H,61,73)(H,62,78)(H,63,79)(H,64,74)(H,65,77)(H,66,76)(H,70,71)(H,80,81)(H4,51,52,56)(H4,53,54,57)/t24-,27+,28+,29+,30+,31+,32+,33+,36+,37+/m1/s1. The number of primary amides is 1. The van der Waals surface area contributed by atoms with Crippen molar-refractivity contribution in [3.63, 3.8) is 0 Å². The molecule has 0 aliphatic rings. The number of aliphatic hydroxyl groups excluding tert-OH is 2. The highest BCUT2D eigenvalue weighted by Gasteiger charge is 2.37. The quantitative estimate of drug-likeness (QED) is 0.0170. The number of rotatable bonds is 37.